The number of hydrogen-bond acceptors (Lipinski definition) is 1. The van der Waals surface area contributed by atoms with Gasteiger partial charge in [0, 0.05) is 6.04 Å². The molecule has 20 heavy (non-hydrogen) atoms. The van der Waals surface area contributed by atoms with Crippen molar-refractivity contribution in [1.82, 2.24) is 5.32 Å². The number of rotatable bonds is 6. The van der Waals surface area contributed by atoms with Crippen LogP contribution in [-0.2, 0) is 6.42 Å². The van der Waals surface area contributed by atoms with E-state index in [1.54, 1.807) is 11.1 Å². The fraction of sp³-hybridized carbons (Fsp3) is 0.684. The standard InChI is InChI=1S/C19H31N/c1-14(2)20-13-16(4)15(3)12-18-10-7-9-17-8-5-6-11-19(17)18/h5-6,8,11,14-16,18,20H,7,9-10,12-13H2,1-4H3. The van der Waals surface area contributed by atoms with E-state index >= 15 is 0 Å². The fourth-order valence-electron chi connectivity index (χ4n) is 3.40. The van der Waals surface area contributed by atoms with Gasteiger partial charge in [0.15, 0.2) is 0 Å². The van der Waals surface area contributed by atoms with Gasteiger partial charge in [0.05, 0.1) is 0 Å². The van der Waals surface area contributed by atoms with Gasteiger partial charge in [0.25, 0.3) is 0 Å². The number of aryl methyl sites for hydroxylation is 1. The first kappa shape index (κ1) is 15.6. The summed E-state index contributed by atoms with van der Waals surface area (Å²) in [5.74, 6) is 2.33. The predicted molar refractivity (Wildman–Crippen MR) is 88.2 cm³/mol. The van der Waals surface area contributed by atoms with Crippen LogP contribution in [-0.4, -0.2) is 12.6 Å². The summed E-state index contributed by atoms with van der Waals surface area (Å²) in [6, 6.07) is 9.70. The highest BCUT2D eigenvalue weighted by atomic mass is 14.9. The molecule has 0 saturated heterocycles. The van der Waals surface area contributed by atoms with Gasteiger partial charge in [-0.05, 0) is 61.1 Å². The largest absolute Gasteiger partial charge is 0.314 e. The number of benzene rings is 1. The van der Waals surface area contributed by atoms with E-state index in [1.165, 1.54) is 25.7 Å². The van der Waals surface area contributed by atoms with E-state index in [0.717, 1.165) is 24.3 Å². The number of nitrogens with one attached hydrogen (secondary N) is 1. The molecule has 0 amide bonds. The Morgan fingerprint density at radius 1 is 1.10 bits per heavy atom. The summed E-state index contributed by atoms with van der Waals surface area (Å²) in [4.78, 5) is 0. The van der Waals surface area contributed by atoms with Gasteiger partial charge in [0.2, 0.25) is 0 Å². The van der Waals surface area contributed by atoms with Crippen LogP contribution in [0.2, 0.25) is 0 Å². The highest BCUT2D eigenvalue weighted by Gasteiger charge is 2.23. The third kappa shape index (κ3) is 4.09. The zero-order chi connectivity index (χ0) is 14.5. The van der Waals surface area contributed by atoms with Crippen LogP contribution in [0.3, 0.4) is 0 Å². The van der Waals surface area contributed by atoms with E-state index < -0.39 is 0 Å². The molecule has 0 radical (unpaired) electrons. The summed E-state index contributed by atoms with van der Waals surface area (Å²) < 4.78 is 0. The summed E-state index contributed by atoms with van der Waals surface area (Å²) in [5, 5.41) is 3.58. The van der Waals surface area contributed by atoms with Gasteiger partial charge in [-0.15, -0.1) is 0 Å². The Balaban J connectivity index is 1.93. The van der Waals surface area contributed by atoms with E-state index in [9.17, 15) is 0 Å². The van der Waals surface area contributed by atoms with Gasteiger partial charge in [-0.1, -0.05) is 52.0 Å². The minimum atomic E-state index is 0.597. The summed E-state index contributed by atoms with van der Waals surface area (Å²) >= 11 is 0. The molecule has 1 aliphatic rings. The molecule has 1 aromatic carbocycles. The molecule has 1 aliphatic carbocycles. The first-order valence-corrected chi connectivity index (χ1v) is 8.39. The Labute approximate surface area is 125 Å². The second-order valence-corrected chi connectivity index (χ2v) is 7.04. The lowest BCUT2D eigenvalue weighted by atomic mass is 9.76. The van der Waals surface area contributed by atoms with Gasteiger partial charge in [0.1, 0.15) is 0 Å². The summed E-state index contributed by atoms with van der Waals surface area (Å²) in [6.45, 7) is 10.4. The van der Waals surface area contributed by atoms with Crippen molar-refractivity contribution in [3.8, 4) is 0 Å². The molecule has 112 valence electrons. The molecule has 0 bridgehead atoms. The molecule has 1 aromatic rings. The van der Waals surface area contributed by atoms with Crippen LogP contribution in [0, 0.1) is 11.8 Å². The third-order valence-electron chi connectivity index (χ3n) is 4.97. The van der Waals surface area contributed by atoms with Crippen LogP contribution in [0.4, 0.5) is 0 Å². The maximum absolute atomic E-state index is 3.58. The molecular formula is C19H31N. The molecule has 0 aliphatic heterocycles. The van der Waals surface area contributed by atoms with Crippen LogP contribution < -0.4 is 5.32 Å². The van der Waals surface area contributed by atoms with Crippen molar-refractivity contribution >= 4 is 0 Å². The van der Waals surface area contributed by atoms with Crippen molar-refractivity contribution < 1.29 is 0 Å². The molecule has 1 nitrogen and oxygen atoms in total. The lowest BCUT2D eigenvalue weighted by Gasteiger charge is -2.30. The van der Waals surface area contributed by atoms with Crippen molar-refractivity contribution in [2.24, 2.45) is 11.8 Å². The number of fused-ring (bicyclic) bond motifs is 1. The maximum Gasteiger partial charge on any atom is 0.00104 e. The van der Waals surface area contributed by atoms with E-state index in [1.807, 2.05) is 0 Å². The van der Waals surface area contributed by atoms with Gasteiger partial charge < -0.3 is 5.32 Å². The fourth-order valence-corrected chi connectivity index (χ4v) is 3.40. The minimum absolute atomic E-state index is 0.597. The Morgan fingerprint density at radius 2 is 1.85 bits per heavy atom. The molecule has 0 aromatic heterocycles. The van der Waals surface area contributed by atoms with Crippen LogP contribution in [0.25, 0.3) is 0 Å². The average molecular weight is 273 g/mol. The smallest absolute Gasteiger partial charge is 0.00104 e. The Morgan fingerprint density at radius 3 is 2.60 bits per heavy atom. The van der Waals surface area contributed by atoms with Crippen LogP contribution >= 0.6 is 0 Å². The van der Waals surface area contributed by atoms with Crippen LogP contribution in [0.15, 0.2) is 24.3 Å². The monoisotopic (exact) mass is 273 g/mol. The van der Waals surface area contributed by atoms with Gasteiger partial charge >= 0.3 is 0 Å². The van der Waals surface area contributed by atoms with E-state index in [2.05, 4.69) is 57.3 Å². The Kier molecular flexibility index (Phi) is 5.65. The van der Waals surface area contributed by atoms with Crippen LogP contribution in [0.5, 0.6) is 0 Å². The molecule has 3 atom stereocenters. The van der Waals surface area contributed by atoms with Crippen LogP contribution in [0.1, 0.15) is 64.0 Å². The molecule has 0 spiro atoms. The highest BCUT2D eigenvalue weighted by molar-refractivity contribution is 5.32. The van der Waals surface area contributed by atoms with Crippen molar-refractivity contribution in [3.63, 3.8) is 0 Å². The zero-order valence-corrected chi connectivity index (χ0v) is 13.7. The molecule has 0 heterocycles. The summed E-state index contributed by atoms with van der Waals surface area (Å²) in [7, 11) is 0. The van der Waals surface area contributed by atoms with Crippen molar-refractivity contribution in [2.45, 2.75) is 65.3 Å². The van der Waals surface area contributed by atoms with Crippen molar-refractivity contribution in [2.75, 3.05) is 6.54 Å². The molecule has 2 rings (SSSR count). The molecule has 3 unspecified atom stereocenters. The van der Waals surface area contributed by atoms with E-state index in [0.29, 0.717) is 6.04 Å². The van der Waals surface area contributed by atoms with E-state index in [-0.39, 0.29) is 0 Å². The molecule has 1 heteroatoms. The summed E-state index contributed by atoms with van der Waals surface area (Å²) in [6.07, 6.45) is 5.38. The molecule has 1 N–H and O–H groups in total. The Hall–Kier alpha value is -0.820. The normalized spacial score (nSPS) is 21.6. The molecule has 0 fully saturated rings. The Bertz CT molecular complexity index is 410. The first-order valence-electron chi connectivity index (χ1n) is 8.39. The average Bonchev–Trinajstić information content (AvgIpc) is 2.45. The quantitative estimate of drug-likeness (QED) is 0.787. The second kappa shape index (κ2) is 7.26. The topological polar surface area (TPSA) is 12.0 Å². The predicted octanol–water partition coefficient (Wildman–Crippen LogP) is 4.77. The van der Waals surface area contributed by atoms with Crippen molar-refractivity contribution in [3.05, 3.63) is 35.4 Å². The summed E-state index contributed by atoms with van der Waals surface area (Å²) in [5.41, 5.74) is 3.23. The van der Waals surface area contributed by atoms with Gasteiger partial charge in [-0.2, -0.15) is 0 Å². The lowest BCUT2D eigenvalue weighted by Crippen LogP contribution is -2.31. The third-order valence-corrected chi connectivity index (χ3v) is 4.97. The molecular weight excluding hydrogens is 242 g/mol. The van der Waals surface area contributed by atoms with Gasteiger partial charge in [-0.25, -0.2) is 0 Å². The lowest BCUT2D eigenvalue weighted by molar-refractivity contribution is 0.307. The highest BCUT2D eigenvalue weighted by Crippen LogP contribution is 2.37. The maximum atomic E-state index is 3.58. The van der Waals surface area contributed by atoms with Crippen molar-refractivity contribution in [1.29, 1.82) is 0 Å². The first-order chi connectivity index (χ1) is 9.58. The second-order valence-electron chi connectivity index (χ2n) is 7.04. The minimum Gasteiger partial charge on any atom is -0.314 e. The van der Waals surface area contributed by atoms with E-state index in [4.69, 9.17) is 0 Å². The van der Waals surface area contributed by atoms with Gasteiger partial charge in [-0.3, -0.25) is 0 Å². The number of hydrogen-bond donors (Lipinski definition) is 1. The molecule has 0 saturated carbocycles. The SMILES string of the molecule is CC(C)NCC(C)C(C)CC1CCCc2ccccc21. The zero-order valence-electron chi connectivity index (χ0n) is 13.7.